The first kappa shape index (κ1) is 20.3. The molecular formula is C18H19F3N2O4. The Balaban J connectivity index is 2.11. The molecule has 1 heterocycles. The van der Waals surface area contributed by atoms with Crippen molar-refractivity contribution in [3.63, 3.8) is 0 Å². The Labute approximate surface area is 153 Å². The highest BCUT2D eigenvalue weighted by Crippen LogP contribution is 2.24. The molecule has 0 atom stereocenters. The molecule has 0 saturated heterocycles. The van der Waals surface area contributed by atoms with Crippen LogP contribution in [-0.4, -0.2) is 42.9 Å². The minimum atomic E-state index is -4.53. The van der Waals surface area contributed by atoms with E-state index >= 15 is 0 Å². The lowest BCUT2D eigenvalue weighted by Gasteiger charge is -2.11. The second-order valence-electron chi connectivity index (χ2n) is 5.79. The average Bonchev–Trinajstić information content (AvgIpc) is 2.91. The third-order valence-electron chi connectivity index (χ3n) is 3.78. The number of esters is 1. The number of halogens is 3. The van der Waals surface area contributed by atoms with Gasteiger partial charge in [-0.25, -0.2) is 4.79 Å². The van der Waals surface area contributed by atoms with E-state index in [-0.39, 0.29) is 5.56 Å². The van der Waals surface area contributed by atoms with Gasteiger partial charge in [0.25, 0.3) is 5.91 Å². The van der Waals surface area contributed by atoms with Crippen molar-refractivity contribution in [3.05, 3.63) is 47.3 Å². The van der Waals surface area contributed by atoms with Gasteiger partial charge in [-0.15, -0.1) is 0 Å². The van der Waals surface area contributed by atoms with Gasteiger partial charge in [0.05, 0.1) is 12.7 Å². The molecular weight excluding hydrogens is 365 g/mol. The maximum absolute atomic E-state index is 12.2. The van der Waals surface area contributed by atoms with E-state index in [1.54, 1.807) is 50.5 Å². The third-order valence-corrected chi connectivity index (χ3v) is 3.78. The maximum Gasteiger partial charge on any atom is 0.405 e. The summed E-state index contributed by atoms with van der Waals surface area (Å²) in [7, 11) is 1.54. The molecule has 2 rings (SSSR count). The van der Waals surface area contributed by atoms with Crippen LogP contribution in [0.1, 0.15) is 21.7 Å². The normalized spacial score (nSPS) is 11.2. The van der Waals surface area contributed by atoms with Gasteiger partial charge in [-0.05, 0) is 32.0 Å². The van der Waals surface area contributed by atoms with E-state index in [0.717, 1.165) is 11.4 Å². The van der Waals surface area contributed by atoms with Crippen LogP contribution < -0.4 is 10.1 Å². The van der Waals surface area contributed by atoms with Crippen LogP contribution in [0.2, 0.25) is 0 Å². The molecule has 0 aliphatic heterocycles. The summed E-state index contributed by atoms with van der Waals surface area (Å²) in [5, 5.41) is 1.64. The Kier molecular flexibility index (Phi) is 6.14. The number of nitrogens with one attached hydrogen (secondary N) is 1. The minimum absolute atomic E-state index is 0.221. The van der Waals surface area contributed by atoms with Gasteiger partial charge in [-0.2, -0.15) is 13.2 Å². The van der Waals surface area contributed by atoms with Gasteiger partial charge in [-0.3, -0.25) is 4.79 Å². The summed E-state index contributed by atoms with van der Waals surface area (Å²) in [4.78, 5) is 23.6. The highest BCUT2D eigenvalue weighted by atomic mass is 19.4. The standard InChI is InChI=1S/C18H19F3N2O4/c1-11-7-15(17(25)27-9-16(24)22-10-18(19,20)21)12(2)23(11)13-5-4-6-14(8-13)26-3/h4-8H,9-10H2,1-3H3,(H,22,24). The number of hydrogen-bond donors (Lipinski definition) is 1. The summed E-state index contributed by atoms with van der Waals surface area (Å²) in [5.41, 5.74) is 2.31. The van der Waals surface area contributed by atoms with Crippen molar-refractivity contribution in [3.8, 4) is 11.4 Å². The molecule has 1 N–H and O–H groups in total. The van der Waals surface area contributed by atoms with Crippen LogP contribution in [0.3, 0.4) is 0 Å². The zero-order chi connectivity index (χ0) is 20.2. The average molecular weight is 384 g/mol. The molecule has 0 aliphatic rings. The van der Waals surface area contributed by atoms with Crippen molar-refractivity contribution in [2.75, 3.05) is 20.3 Å². The number of nitrogens with zero attached hydrogens (tertiary/aromatic N) is 1. The molecule has 0 aliphatic carbocycles. The first-order chi connectivity index (χ1) is 12.6. The number of carbonyl (C=O) groups is 2. The molecule has 146 valence electrons. The van der Waals surface area contributed by atoms with Crippen LogP contribution in [0.5, 0.6) is 5.75 Å². The minimum Gasteiger partial charge on any atom is -0.497 e. The fraction of sp³-hybridized carbons (Fsp3) is 0.333. The molecule has 1 amide bonds. The van der Waals surface area contributed by atoms with E-state index in [0.29, 0.717) is 11.4 Å². The number of alkyl halides is 3. The second-order valence-corrected chi connectivity index (χ2v) is 5.79. The molecule has 1 aromatic heterocycles. The van der Waals surface area contributed by atoms with Crippen LogP contribution in [0.15, 0.2) is 30.3 Å². The Bertz CT molecular complexity index is 844. The first-order valence-electron chi connectivity index (χ1n) is 7.96. The summed E-state index contributed by atoms with van der Waals surface area (Å²) in [6.45, 7) is 1.22. The van der Waals surface area contributed by atoms with E-state index in [2.05, 4.69) is 0 Å². The van der Waals surface area contributed by atoms with Crippen molar-refractivity contribution in [2.45, 2.75) is 20.0 Å². The Morgan fingerprint density at radius 1 is 1.19 bits per heavy atom. The Morgan fingerprint density at radius 2 is 1.89 bits per heavy atom. The molecule has 0 fully saturated rings. The second kappa shape index (κ2) is 8.15. The summed E-state index contributed by atoms with van der Waals surface area (Å²) in [5.74, 6) is -1.17. The number of ether oxygens (including phenoxy) is 2. The molecule has 27 heavy (non-hydrogen) atoms. The number of benzene rings is 1. The highest BCUT2D eigenvalue weighted by molar-refractivity contribution is 5.93. The van der Waals surface area contributed by atoms with Gasteiger partial charge in [0.2, 0.25) is 0 Å². The zero-order valence-electron chi connectivity index (χ0n) is 15.0. The number of hydrogen-bond acceptors (Lipinski definition) is 4. The number of aromatic nitrogens is 1. The monoisotopic (exact) mass is 384 g/mol. The summed E-state index contributed by atoms with van der Waals surface area (Å²) >= 11 is 0. The van der Waals surface area contributed by atoms with E-state index in [9.17, 15) is 22.8 Å². The van der Waals surface area contributed by atoms with E-state index in [1.807, 2.05) is 10.6 Å². The molecule has 0 spiro atoms. The fourth-order valence-electron chi connectivity index (χ4n) is 2.58. The van der Waals surface area contributed by atoms with Crippen molar-refractivity contribution in [1.29, 1.82) is 0 Å². The fourth-order valence-corrected chi connectivity index (χ4v) is 2.58. The largest absolute Gasteiger partial charge is 0.497 e. The smallest absolute Gasteiger partial charge is 0.405 e. The highest BCUT2D eigenvalue weighted by Gasteiger charge is 2.28. The summed E-state index contributed by atoms with van der Waals surface area (Å²) in [6.07, 6.45) is -4.53. The molecule has 2 aromatic rings. The van der Waals surface area contributed by atoms with Crippen LogP contribution in [-0.2, 0) is 9.53 Å². The molecule has 9 heteroatoms. The first-order valence-corrected chi connectivity index (χ1v) is 7.96. The topological polar surface area (TPSA) is 69.6 Å². The van der Waals surface area contributed by atoms with Crippen LogP contribution >= 0.6 is 0 Å². The van der Waals surface area contributed by atoms with Gasteiger partial charge < -0.3 is 19.4 Å². The SMILES string of the molecule is COc1cccc(-n2c(C)cc(C(=O)OCC(=O)NCC(F)(F)F)c2C)c1. The van der Waals surface area contributed by atoms with Crippen molar-refractivity contribution < 1.29 is 32.2 Å². The predicted octanol–water partition coefficient (Wildman–Crippen LogP) is 2.94. The summed E-state index contributed by atoms with van der Waals surface area (Å²) in [6, 6.07) is 8.80. The molecule has 6 nitrogen and oxygen atoms in total. The molecule has 0 saturated carbocycles. The Morgan fingerprint density at radius 3 is 2.52 bits per heavy atom. The van der Waals surface area contributed by atoms with Crippen molar-refractivity contribution >= 4 is 11.9 Å². The van der Waals surface area contributed by atoms with Crippen molar-refractivity contribution in [2.24, 2.45) is 0 Å². The van der Waals surface area contributed by atoms with Crippen molar-refractivity contribution in [1.82, 2.24) is 9.88 Å². The molecule has 0 unspecified atom stereocenters. The van der Waals surface area contributed by atoms with Gasteiger partial charge in [0.15, 0.2) is 6.61 Å². The van der Waals surface area contributed by atoms with Gasteiger partial charge in [-0.1, -0.05) is 6.07 Å². The summed E-state index contributed by atoms with van der Waals surface area (Å²) < 4.78 is 48.0. The quantitative estimate of drug-likeness (QED) is 0.778. The number of amides is 1. The van der Waals surface area contributed by atoms with Crippen LogP contribution in [0.4, 0.5) is 13.2 Å². The lowest BCUT2D eigenvalue weighted by Crippen LogP contribution is -2.36. The van der Waals surface area contributed by atoms with E-state index < -0.39 is 31.2 Å². The molecule has 1 aromatic carbocycles. The molecule has 0 radical (unpaired) electrons. The number of aryl methyl sites for hydroxylation is 1. The predicted molar refractivity (Wildman–Crippen MR) is 91.1 cm³/mol. The zero-order valence-corrected chi connectivity index (χ0v) is 15.0. The van der Waals surface area contributed by atoms with Gasteiger partial charge in [0.1, 0.15) is 12.3 Å². The lowest BCUT2D eigenvalue weighted by atomic mass is 10.2. The molecule has 0 bridgehead atoms. The number of rotatable bonds is 6. The van der Waals surface area contributed by atoms with E-state index in [4.69, 9.17) is 9.47 Å². The number of methoxy groups -OCH3 is 1. The number of carbonyl (C=O) groups excluding carboxylic acids is 2. The van der Waals surface area contributed by atoms with Gasteiger partial charge >= 0.3 is 12.1 Å². The van der Waals surface area contributed by atoms with Gasteiger partial charge in [0, 0.05) is 23.1 Å². The maximum atomic E-state index is 12.2. The van der Waals surface area contributed by atoms with E-state index in [1.165, 1.54) is 0 Å². The van der Waals surface area contributed by atoms with Crippen LogP contribution in [0.25, 0.3) is 5.69 Å². The Hall–Kier alpha value is -2.97. The lowest BCUT2D eigenvalue weighted by molar-refractivity contribution is -0.140. The third kappa shape index (κ3) is 5.25. The van der Waals surface area contributed by atoms with Crippen LogP contribution in [0, 0.1) is 13.8 Å².